The van der Waals surface area contributed by atoms with E-state index in [1.165, 1.54) is 6.92 Å². The lowest BCUT2D eigenvalue weighted by Gasteiger charge is -2.18. The first-order valence-corrected chi connectivity index (χ1v) is 7.67. The predicted molar refractivity (Wildman–Crippen MR) is 87.8 cm³/mol. The van der Waals surface area contributed by atoms with E-state index in [1.807, 2.05) is 51.1 Å². The van der Waals surface area contributed by atoms with Crippen LogP contribution in [0, 0.1) is 5.41 Å². The summed E-state index contributed by atoms with van der Waals surface area (Å²) >= 11 is 0. The Morgan fingerprint density at radius 1 is 1.13 bits per heavy atom. The number of amides is 1. The molecule has 0 saturated heterocycles. The molecule has 1 rings (SSSR count). The molecule has 0 aliphatic carbocycles. The molecule has 0 fully saturated rings. The van der Waals surface area contributed by atoms with Crippen molar-refractivity contribution < 1.29 is 19.1 Å². The predicted octanol–water partition coefficient (Wildman–Crippen LogP) is 2.28. The number of rotatable bonds is 7. The van der Waals surface area contributed by atoms with Crippen molar-refractivity contribution in [2.24, 2.45) is 5.41 Å². The third kappa shape index (κ3) is 8.14. The number of hydrogen-bond acceptors (Lipinski definition) is 4. The fraction of sp³-hybridized carbons (Fsp3) is 0.500. The number of esters is 1. The number of nitrogens with one attached hydrogen (secondary N) is 1. The Hall–Kier alpha value is -2.17. The van der Waals surface area contributed by atoms with Crippen molar-refractivity contribution >= 4 is 17.7 Å². The van der Waals surface area contributed by atoms with Crippen LogP contribution in [-0.4, -0.2) is 30.3 Å². The Labute approximate surface area is 137 Å². The van der Waals surface area contributed by atoms with E-state index < -0.39 is 17.9 Å². The van der Waals surface area contributed by atoms with Crippen LogP contribution in [0.5, 0.6) is 0 Å². The Kier molecular flexibility index (Phi) is 6.94. The third-order valence-corrected chi connectivity index (χ3v) is 3.15. The highest BCUT2D eigenvalue weighted by molar-refractivity contribution is 5.88. The number of Topliss-reactive ketones (excluding diaryl/α,β-unsaturated/α-hetero) is 1. The van der Waals surface area contributed by atoms with Crippen LogP contribution in [0.25, 0.3) is 0 Å². The smallest absolute Gasteiger partial charge is 0.306 e. The number of ketones is 1. The molecule has 0 aliphatic rings. The van der Waals surface area contributed by atoms with Crippen LogP contribution < -0.4 is 5.32 Å². The molecule has 0 saturated carbocycles. The zero-order chi connectivity index (χ0) is 17.5. The van der Waals surface area contributed by atoms with Gasteiger partial charge in [-0.05, 0) is 24.3 Å². The van der Waals surface area contributed by atoms with Crippen molar-refractivity contribution in [3.63, 3.8) is 0 Å². The van der Waals surface area contributed by atoms with Crippen LogP contribution in [0.4, 0.5) is 0 Å². The van der Waals surface area contributed by atoms with E-state index in [0.29, 0.717) is 6.42 Å². The van der Waals surface area contributed by atoms with Crippen LogP contribution >= 0.6 is 0 Å². The summed E-state index contributed by atoms with van der Waals surface area (Å²) in [5, 5.41) is 2.62. The van der Waals surface area contributed by atoms with E-state index in [-0.39, 0.29) is 24.2 Å². The minimum absolute atomic E-state index is 0.136. The van der Waals surface area contributed by atoms with Gasteiger partial charge >= 0.3 is 5.97 Å². The van der Waals surface area contributed by atoms with E-state index >= 15 is 0 Å². The molecule has 0 spiro atoms. The molecule has 1 aromatic rings. The van der Waals surface area contributed by atoms with Gasteiger partial charge in [0.25, 0.3) is 5.91 Å². The maximum Gasteiger partial charge on any atom is 0.306 e. The Bertz CT molecular complexity index is 546. The Morgan fingerprint density at radius 3 is 2.26 bits per heavy atom. The molecule has 1 atom stereocenters. The fourth-order valence-corrected chi connectivity index (χ4v) is 2.01. The molecular formula is C18H25NO4. The van der Waals surface area contributed by atoms with Crippen LogP contribution in [0.15, 0.2) is 30.3 Å². The minimum Gasteiger partial charge on any atom is -0.456 e. The molecule has 1 amide bonds. The first-order chi connectivity index (χ1) is 10.7. The van der Waals surface area contributed by atoms with Gasteiger partial charge in [-0.15, -0.1) is 0 Å². The van der Waals surface area contributed by atoms with Crippen molar-refractivity contribution in [2.75, 3.05) is 6.61 Å². The van der Waals surface area contributed by atoms with Crippen molar-refractivity contribution in [3.8, 4) is 0 Å². The van der Waals surface area contributed by atoms with Gasteiger partial charge in [0.1, 0.15) is 0 Å². The van der Waals surface area contributed by atoms with E-state index in [4.69, 9.17) is 4.74 Å². The minimum atomic E-state index is -0.619. The highest BCUT2D eigenvalue weighted by Crippen LogP contribution is 2.18. The Morgan fingerprint density at radius 2 is 1.74 bits per heavy atom. The van der Waals surface area contributed by atoms with Gasteiger partial charge in [-0.25, -0.2) is 0 Å². The number of benzene rings is 1. The second-order valence-corrected chi connectivity index (χ2v) is 6.82. The molecule has 1 N–H and O–H groups in total. The molecule has 5 nitrogen and oxygen atoms in total. The second-order valence-electron chi connectivity index (χ2n) is 6.82. The fourth-order valence-electron chi connectivity index (χ4n) is 2.01. The van der Waals surface area contributed by atoms with Crippen LogP contribution in [0.1, 0.15) is 39.7 Å². The summed E-state index contributed by atoms with van der Waals surface area (Å²) in [7, 11) is 0. The monoisotopic (exact) mass is 319 g/mol. The second kappa shape index (κ2) is 8.46. The average Bonchev–Trinajstić information content (AvgIpc) is 2.43. The lowest BCUT2D eigenvalue weighted by atomic mass is 9.92. The summed E-state index contributed by atoms with van der Waals surface area (Å²) < 4.78 is 4.95. The number of carbonyl (C=O) groups is 3. The van der Waals surface area contributed by atoms with Crippen LogP contribution in [0.2, 0.25) is 0 Å². The average molecular weight is 319 g/mol. The van der Waals surface area contributed by atoms with Gasteiger partial charge < -0.3 is 10.1 Å². The maximum atomic E-state index is 11.9. The van der Waals surface area contributed by atoms with Crippen molar-refractivity contribution in [1.29, 1.82) is 0 Å². The van der Waals surface area contributed by atoms with Gasteiger partial charge in [0.05, 0.1) is 12.5 Å². The summed E-state index contributed by atoms with van der Waals surface area (Å²) in [5.74, 6) is -1.03. The molecular weight excluding hydrogens is 294 g/mol. The molecule has 0 aliphatic heterocycles. The van der Waals surface area contributed by atoms with E-state index in [2.05, 4.69) is 5.32 Å². The molecule has 0 unspecified atom stereocenters. The van der Waals surface area contributed by atoms with E-state index in [9.17, 15) is 14.4 Å². The maximum absolute atomic E-state index is 11.9. The zero-order valence-corrected chi connectivity index (χ0v) is 14.2. The zero-order valence-electron chi connectivity index (χ0n) is 14.2. The molecule has 0 bridgehead atoms. The van der Waals surface area contributed by atoms with Gasteiger partial charge in [0.2, 0.25) is 0 Å². The lowest BCUT2D eigenvalue weighted by Crippen LogP contribution is -2.43. The van der Waals surface area contributed by atoms with E-state index in [0.717, 1.165) is 5.56 Å². The number of ether oxygens (including phenoxy) is 1. The van der Waals surface area contributed by atoms with Crippen molar-refractivity contribution in [3.05, 3.63) is 35.9 Å². The molecule has 0 aromatic heterocycles. The molecule has 23 heavy (non-hydrogen) atoms. The van der Waals surface area contributed by atoms with Gasteiger partial charge in [-0.2, -0.15) is 0 Å². The number of hydrogen-bond donors (Lipinski definition) is 1. The summed E-state index contributed by atoms with van der Waals surface area (Å²) in [4.78, 5) is 35.2. The number of carbonyl (C=O) groups excluding carboxylic acids is 3. The van der Waals surface area contributed by atoms with Crippen LogP contribution in [-0.2, 0) is 25.5 Å². The van der Waals surface area contributed by atoms with Crippen molar-refractivity contribution in [2.45, 2.75) is 46.6 Å². The summed E-state index contributed by atoms with van der Waals surface area (Å²) in [5.41, 5.74) is 0.765. The van der Waals surface area contributed by atoms with Gasteiger partial charge in [-0.3, -0.25) is 14.4 Å². The van der Waals surface area contributed by atoms with E-state index in [1.54, 1.807) is 0 Å². The van der Waals surface area contributed by atoms with Gasteiger partial charge in [-0.1, -0.05) is 51.1 Å². The lowest BCUT2D eigenvalue weighted by molar-refractivity contribution is -0.150. The summed E-state index contributed by atoms with van der Waals surface area (Å²) in [6, 6.07) is 8.81. The van der Waals surface area contributed by atoms with Crippen molar-refractivity contribution in [1.82, 2.24) is 5.32 Å². The Balaban J connectivity index is 2.49. The quantitative estimate of drug-likeness (QED) is 0.783. The SMILES string of the molecule is CC(=O)[C@@H](Cc1ccccc1)NC(=O)COC(=O)CC(C)(C)C. The summed E-state index contributed by atoms with van der Waals surface area (Å²) in [6.07, 6.45) is 0.651. The first-order valence-electron chi connectivity index (χ1n) is 7.67. The largest absolute Gasteiger partial charge is 0.456 e. The normalized spacial score (nSPS) is 12.3. The standard InChI is InChI=1S/C18H25NO4/c1-13(20)15(10-14-8-6-5-7-9-14)19-16(21)12-23-17(22)11-18(2,3)4/h5-9,15H,10-12H2,1-4H3,(H,19,21)/t15-/m1/s1. The molecule has 126 valence electrons. The van der Waals surface area contributed by atoms with Gasteiger partial charge in [0, 0.05) is 0 Å². The molecule has 0 radical (unpaired) electrons. The molecule has 1 aromatic carbocycles. The summed E-state index contributed by atoms with van der Waals surface area (Å²) in [6.45, 7) is 6.81. The molecule has 0 heterocycles. The third-order valence-electron chi connectivity index (χ3n) is 3.15. The topological polar surface area (TPSA) is 72.5 Å². The van der Waals surface area contributed by atoms with Gasteiger partial charge in [0.15, 0.2) is 12.4 Å². The highest BCUT2D eigenvalue weighted by Gasteiger charge is 2.20. The first kappa shape index (κ1) is 18.9. The molecule has 5 heteroatoms. The highest BCUT2D eigenvalue weighted by atomic mass is 16.5. The van der Waals surface area contributed by atoms with Crippen LogP contribution in [0.3, 0.4) is 0 Å².